The van der Waals surface area contributed by atoms with E-state index < -0.39 is 0 Å². The second-order valence-corrected chi connectivity index (χ2v) is 4.72. The van der Waals surface area contributed by atoms with Crippen LogP contribution in [0.25, 0.3) is 0 Å². The Kier molecular flexibility index (Phi) is 4.45. The van der Waals surface area contributed by atoms with E-state index in [1.54, 1.807) is 7.11 Å². The quantitative estimate of drug-likeness (QED) is 0.868. The van der Waals surface area contributed by atoms with Crippen LogP contribution in [0.2, 0.25) is 10.3 Å². The van der Waals surface area contributed by atoms with Crippen LogP contribution in [0.15, 0.2) is 30.5 Å². The van der Waals surface area contributed by atoms with Gasteiger partial charge in [0.1, 0.15) is 16.6 Å². The minimum atomic E-state index is 0.0365. The van der Waals surface area contributed by atoms with E-state index in [0.29, 0.717) is 10.8 Å². The Balaban J connectivity index is 2.15. The fourth-order valence-electron chi connectivity index (χ4n) is 1.63. The number of ether oxygens (including phenoxy) is 1. The zero-order valence-corrected chi connectivity index (χ0v) is 12.0. The second-order valence-electron chi connectivity index (χ2n) is 3.97. The Bertz CT molecular complexity index is 560. The summed E-state index contributed by atoms with van der Waals surface area (Å²) in [6.45, 7) is 2.01. The van der Waals surface area contributed by atoms with Crippen LogP contribution in [0, 0.1) is 0 Å². The molecule has 0 fully saturated rings. The van der Waals surface area contributed by atoms with Gasteiger partial charge in [-0.2, -0.15) is 4.98 Å². The van der Waals surface area contributed by atoms with E-state index >= 15 is 0 Å². The molecule has 1 aromatic carbocycles. The van der Waals surface area contributed by atoms with Crippen LogP contribution in [0.5, 0.6) is 5.75 Å². The number of anilines is 1. The van der Waals surface area contributed by atoms with Gasteiger partial charge in [0, 0.05) is 6.04 Å². The molecule has 0 radical (unpaired) electrons. The van der Waals surface area contributed by atoms with E-state index in [1.165, 1.54) is 6.20 Å². The van der Waals surface area contributed by atoms with Gasteiger partial charge in [0.2, 0.25) is 5.28 Å². The largest absolute Gasteiger partial charge is 0.497 e. The zero-order chi connectivity index (χ0) is 13.8. The summed E-state index contributed by atoms with van der Waals surface area (Å²) in [7, 11) is 1.64. The number of hydrogen-bond acceptors (Lipinski definition) is 4. The Morgan fingerprint density at radius 3 is 2.53 bits per heavy atom. The predicted molar refractivity (Wildman–Crippen MR) is 77.1 cm³/mol. The molecule has 2 aromatic rings. The molecular weight excluding hydrogens is 285 g/mol. The normalized spacial score (nSPS) is 12.0. The summed E-state index contributed by atoms with van der Waals surface area (Å²) in [5.41, 5.74) is 1.09. The maximum absolute atomic E-state index is 6.01. The lowest BCUT2D eigenvalue weighted by Crippen LogP contribution is -2.08. The molecule has 0 aliphatic heterocycles. The molecule has 19 heavy (non-hydrogen) atoms. The molecule has 0 aliphatic carbocycles. The van der Waals surface area contributed by atoms with Gasteiger partial charge in [-0.05, 0) is 36.2 Å². The molecule has 0 bridgehead atoms. The highest BCUT2D eigenvalue weighted by atomic mass is 35.5. The van der Waals surface area contributed by atoms with Crippen LogP contribution in [0.4, 0.5) is 5.82 Å². The molecule has 4 nitrogen and oxygen atoms in total. The highest BCUT2D eigenvalue weighted by molar-refractivity contribution is 6.33. The number of nitrogens with one attached hydrogen (secondary N) is 1. The van der Waals surface area contributed by atoms with Crippen molar-refractivity contribution < 1.29 is 4.74 Å². The third-order valence-corrected chi connectivity index (χ3v) is 3.14. The number of aromatic nitrogens is 2. The van der Waals surface area contributed by atoms with Crippen molar-refractivity contribution in [2.45, 2.75) is 13.0 Å². The summed E-state index contributed by atoms with van der Waals surface area (Å²) in [5.74, 6) is 1.34. The number of benzene rings is 1. The molecule has 6 heteroatoms. The van der Waals surface area contributed by atoms with E-state index in [4.69, 9.17) is 27.9 Å². The summed E-state index contributed by atoms with van der Waals surface area (Å²) in [5, 5.41) is 3.79. The molecule has 0 aliphatic rings. The van der Waals surface area contributed by atoms with Crippen molar-refractivity contribution >= 4 is 29.0 Å². The maximum Gasteiger partial charge on any atom is 0.224 e. The fourth-order valence-corrected chi connectivity index (χ4v) is 1.91. The second kappa shape index (κ2) is 6.08. The molecule has 1 heterocycles. The number of nitrogens with zero attached hydrogens (tertiary/aromatic N) is 2. The third-order valence-electron chi connectivity index (χ3n) is 2.68. The van der Waals surface area contributed by atoms with E-state index in [2.05, 4.69) is 15.3 Å². The van der Waals surface area contributed by atoms with Crippen LogP contribution < -0.4 is 10.1 Å². The molecule has 0 saturated carbocycles. The molecule has 0 amide bonds. The standard InChI is InChI=1S/C13H13Cl2N3O/c1-8(9-3-5-10(19-2)6-4-9)17-12-11(14)7-16-13(15)18-12/h3-8H,1-2H3,(H,16,17,18)/t8-/m0/s1. The number of rotatable bonds is 4. The van der Waals surface area contributed by atoms with E-state index in [1.807, 2.05) is 31.2 Å². The van der Waals surface area contributed by atoms with E-state index in [9.17, 15) is 0 Å². The topological polar surface area (TPSA) is 47.0 Å². The first-order valence-electron chi connectivity index (χ1n) is 5.68. The minimum absolute atomic E-state index is 0.0365. The first-order valence-corrected chi connectivity index (χ1v) is 6.44. The lowest BCUT2D eigenvalue weighted by Gasteiger charge is -2.16. The molecular formula is C13H13Cl2N3O. The molecule has 0 unspecified atom stereocenters. The highest BCUT2D eigenvalue weighted by Gasteiger charge is 2.10. The van der Waals surface area contributed by atoms with Gasteiger partial charge in [-0.1, -0.05) is 23.7 Å². The Morgan fingerprint density at radius 2 is 1.89 bits per heavy atom. The van der Waals surface area contributed by atoms with Crippen LogP contribution >= 0.6 is 23.2 Å². The highest BCUT2D eigenvalue weighted by Crippen LogP contribution is 2.25. The van der Waals surface area contributed by atoms with Crippen molar-refractivity contribution in [3.63, 3.8) is 0 Å². The van der Waals surface area contributed by atoms with Gasteiger partial charge >= 0.3 is 0 Å². The van der Waals surface area contributed by atoms with Crippen LogP contribution in [-0.4, -0.2) is 17.1 Å². The minimum Gasteiger partial charge on any atom is -0.497 e. The summed E-state index contributed by atoms with van der Waals surface area (Å²) in [6.07, 6.45) is 1.47. The van der Waals surface area contributed by atoms with Gasteiger partial charge in [-0.15, -0.1) is 0 Å². The maximum atomic E-state index is 6.01. The van der Waals surface area contributed by atoms with E-state index in [0.717, 1.165) is 11.3 Å². The van der Waals surface area contributed by atoms with Crippen LogP contribution in [0.3, 0.4) is 0 Å². The molecule has 0 saturated heterocycles. The SMILES string of the molecule is COc1ccc([C@H](C)Nc2nc(Cl)ncc2Cl)cc1. The van der Waals surface area contributed by atoms with Gasteiger partial charge in [0.15, 0.2) is 0 Å². The van der Waals surface area contributed by atoms with Gasteiger partial charge < -0.3 is 10.1 Å². The van der Waals surface area contributed by atoms with E-state index in [-0.39, 0.29) is 11.3 Å². The molecule has 1 atom stereocenters. The first-order chi connectivity index (χ1) is 9.10. The Morgan fingerprint density at radius 1 is 1.21 bits per heavy atom. The molecule has 1 aromatic heterocycles. The fraction of sp³-hybridized carbons (Fsp3) is 0.231. The van der Waals surface area contributed by atoms with Crippen molar-refractivity contribution in [2.24, 2.45) is 0 Å². The van der Waals surface area contributed by atoms with Gasteiger partial charge in [-0.3, -0.25) is 0 Å². The number of halogens is 2. The van der Waals surface area contributed by atoms with Gasteiger partial charge in [0.25, 0.3) is 0 Å². The van der Waals surface area contributed by atoms with Crippen LogP contribution in [0.1, 0.15) is 18.5 Å². The van der Waals surface area contributed by atoms with Crippen molar-refractivity contribution in [1.82, 2.24) is 9.97 Å². The Labute approximate surface area is 121 Å². The Hall–Kier alpha value is -1.52. The van der Waals surface area contributed by atoms with Crippen molar-refractivity contribution in [2.75, 3.05) is 12.4 Å². The van der Waals surface area contributed by atoms with Crippen LogP contribution in [-0.2, 0) is 0 Å². The lowest BCUT2D eigenvalue weighted by atomic mass is 10.1. The number of hydrogen-bond donors (Lipinski definition) is 1. The lowest BCUT2D eigenvalue weighted by molar-refractivity contribution is 0.414. The summed E-state index contributed by atoms with van der Waals surface area (Å²) < 4.78 is 5.12. The summed E-state index contributed by atoms with van der Waals surface area (Å²) in [6, 6.07) is 7.80. The summed E-state index contributed by atoms with van der Waals surface area (Å²) in [4.78, 5) is 7.87. The molecule has 0 spiro atoms. The predicted octanol–water partition coefficient (Wildman–Crippen LogP) is 3.97. The first kappa shape index (κ1) is 13.9. The van der Waals surface area contributed by atoms with Crippen molar-refractivity contribution in [3.05, 3.63) is 46.3 Å². The molecule has 100 valence electrons. The molecule has 2 rings (SSSR count). The van der Waals surface area contributed by atoms with Gasteiger partial charge in [-0.25, -0.2) is 4.98 Å². The average Bonchev–Trinajstić information content (AvgIpc) is 2.43. The van der Waals surface area contributed by atoms with Crippen molar-refractivity contribution in [1.29, 1.82) is 0 Å². The van der Waals surface area contributed by atoms with Crippen molar-refractivity contribution in [3.8, 4) is 5.75 Å². The molecule has 1 N–H and O–H groups in total. The monoisotopic (exact) mass is 297 g/mol. The third kappa shape index (κ3) is 3.49. The zero-order valence-electron chi connectivity index (χ0n) is 10.5. The number of methoxy groups -OCH3 is 1. The smallest absolute Gasteiger partial charge is 0.224 e. The summed E-state index contributed by atoms with van der Waals surface area (Å²) >= 11 is 11.8. The van der Waals surface area contributed by atoms with Gasteiger partial charge in [0.05, 0.1) is 13.3 Å². The average molecular weight is 298 g/mol.